The van der Waals surface area contributed by atoms with E-state index in [1.54, 1.807) is 18.2 Å². The van der Waals surface area contributed by atoms with E-state index < -0.39 is 4.92 Å². The number of aromatic nitrogens is 2. The summed E-state index contributed by atoms with van der Waals surface area (Å²) < 4.78 is 14.0. The Morgan fingerprint density at radius 1 is 1.17 bits per heavy atom. The predicted molar refractivity (Wildman–Crippen MR) is 115 cm³/mol. The number of fused-ring (bicyclic) bond motifs is 1. The summed E-state index contributed by atoms with van der Waals surface area (Å²) in [6.45, 7) is 0. The van der Waals surface area contributed by atoms with Crippen molar-refractivity contribution in [3.8, 4) is 10.4 Å². The highest BCUT2D eigenvalue weighted by Gasteiger charge is 2.16. The summed E-state index contributed by atoms with van der Waals surface area (Å²) in [4.78, 5) is 32.3. The Bertz CT molecular complexity index is 1240. The number of anilines is 1. The number of amides is 1. The van der Waals surface area contributed by atoms with Crippen LogP contribution in [0.5, 0.6) is 0 Å². The molecule has 150 valence electrons. The SMILES string of the molecule is O=C(CSc1ncnc2cc(-c3ccc(F)cc3)sc12)Nc1ccccc1[N+](=O)[O-]. The van der Waals surface area contributed by atoms with Gasteiger partial charge in [0.15, 0.2) is 0 Å². The molecule has 2 aromatic carbocycles. The first kappa shape index (κ1) is 19.9. The van der Waals surface area contributed by atoms with Crippen molar-refractivity contribution in [1.29, 1.82) is 0 Å². The number of hydrogen-bond acceptors (Lipinski definition) is 7. The molecule has 0 bridgehead atoms. The number of nitro groups is 1. The second-order valence-corrected chi connectivity index (χ2v) is 8.14. The first-order chi connectivity index (χ1) is 14.5. The van der Waals surface area contributed by atoms with E-state index in [4.69, 9.17) is 0 Å². The number of carbonyl (C=O) groups is 1. The predicted octanol–water partition coefficient (Wildman–Crippen LogP) is 5.14. The Labute approximate surface area is 178 Å². The van der Waals surface area contributed by atoms with Gasteiger partial charge < -0.3 is 5.32 Å². The fourth-order valence-electron chi connectivity index (χ4n) is 2.75. The number of rotatable bonds is 6. The highest BCUT2D eigenvalue weighted by atomic mass is 32.2. The number of nitrogens with zero attached hydrogens (tertiary/aromatic N) is 3. The van der Waals surface area contributed by atoms with Gasteiger partial charge in [0, 0.05) is 10.9 Å². The second kappa shape index (κ2) is 8.56. The third-order valence-electron chi connectivity index (χ3n) is 4.12. The number of nitro benzene ring substituents is 1. The first-order valence-electron chi connectivity index (χ1n) is 8.68. The molecule has 0 radical (unpaired) electrons. The molecule has 7 nitrogen and oxygen atoms in total. The molecule has 4 rings (SSSR count). The lowest BCUT2D eigenvalue weighted by atomic mass is 10.2. The van der Waals surface area contributed by atoms with Gasteiger partial charge in [-0.2, -0.15) is 0 Å². The quantitative estimate of drug-likeness (QED) is 0.193. The minimum atomic E-state index is -0.542. The molecule has 2 heterocycles. The van der Waals surface area contributed by atoms with Crippen LogP contribution in [0.1, 0.15) is 0 Å². The number of carbonyl (C=O) groups excluding carboxylic acids is 1. The zero-order valence-electron chi connectivity index (χ0n) is 15.2. The van der Waals surface area contributed by atoms with Crippen LogP contribution in [-0.2, 0) is 4.79 Å². The maximum absolute atomic E-state index is 13.2. The molecular weight excluding hydrogens is 427 g/mol. The van der Waals surface area contributed by atoms with Gasteiger partial charge in [-0.05, 0) is 29.8 Å². The summed E-state index contributed by atoms with van der Waals surface area (Å²) in [7, 11) is 0. The molecule has 1 N–H and O–H groups in total. The van der Waals surface area contributed by atoms with E-state index in [2.05, 4.69) is 15.3 Å². The zero-order chi connectivity index (χ0) is 21.1. The minimum absolute atomic E-state index is 0.0297. The van der Waals surface area contributed by atoms with Crippen molar-refractivity contribution in [3.63, 3.8) is 0 Å². The van der Waals surface area contributed by atoms with Gasteiger partial charge in [-0.25, -0.2) is 14.4 Å². The topological polar surface area (TPSA) is 98.0 Å². The van der Waals surface area contributed by atoms with E-state index in [0.717, 1.165) is 20.7 Å². The lowest BCUT2D eigenvalue weighted by Gasteiger charge is -2.05. The molecule has 30 heavy (non-hydrogen) atoms. The molecule has 0 saturated heterocycles. The average Bonchev–Trinajstić information content (AvgIpc) is 3.18. The van der Waals surface area contributed by atoms with Gasteiger partial charge in [0.2, 0.25) is 5.91 Å². The van der Waals surface area contributed by atoms with Gasteiger partial charge in [-0.15, -0.1) is 11.3 Å². The molecule has 10 heteroatoms. The van der Waals surface area contributed by atoms with Gasteiger partial charge in [0.25, 0.3) is 5.69 Å². The largest absolute Gasteiger partial charge is 0.320 e. The first-order valence-corrected chi connectivity index (χ1v) is 10.5. The Morgan fingerprint density at radius 2 is 1.93 bits per heavy atom. The number of thioether (sulfide) groups is 1. The van der Waals surface area contributed by atoms with Crippen LogP contribution in [0.25, 0.3) is 20.7 Å². The molecule has 0 aliphatic heterocycles. The van der Waals surface area contributed by atoms with Crippen LogP contribution in [0, 0.1) is 15.9 Å². The lowest BCUT2D eigenvalue weighted by molar-refractivity contribution is -0.383. The van der Waals surface area contributed by atoms with Crippen LogP contribution in [0.3, 0.4) is 0 Å². The summed E-state index contributed by atoms with van der Waals surface area (Å²) >= 11 is 2.68. The monoisotopic (exact) mass is 440 g/mol. The van der Waals surface area contributed by atoms with Crippen LogP contribution in [0.15, 0.2) is 66.0 Å². The summed E-state index contributed by atoms with van der Waals surface area (Å²) in [5.41, 5.74) is 1.58. The molecule has 0 aliphatic rings. The number of hydrogen-bond donors (Lipinski definition) is 1. The van der Waals surface area contributed by atoms with Crippen molar-refractivity contribution < 1.29 is 14.1 Å². The van der Waals surface area contributed by atoms with Crippen LogP contribution >= 0.6 is 23.1 Å². The fraction of sp³-hybridized carbons (Fsp3) is 0.0500. The van der Waals surface area contributed by atoms with Gasteiger partial charge in [-0.1, -0.05) is 36.0 Å². The highest BCUT2D eigenvalue weighted by molar-refractivity contribution is 8.00. The Morgan fingerprint density at radius 3 is 2.70 bits per heavy atom. The Kier molecular flexibility index (Phi) is 5.68. The molecule has 1 amide bonds. The molecule has 4 aromatic rings. The van der Waals surface area contributed by atoms with Crippen LogP contribution in [0.4, 0.5) is 15.8 Å². The van der Waals surface area contributed by atoms with Crippen molar-refractivity contribution in [2.75, 3.05) is 11.1 Å². The molecule has 0 atom stereocenters. The van der Waals surface area contributed by atoms with Crippen LogP contribution in [0.2, 0.25) is 0 Å². The molecule has 0 saturated carbocycles. The van der Waals surface area contributed by atoms with E-state index >= 15 is 0 Å². The second-order valence-electron chi connectivity index (χ2n) is 6.12. The molecule has 0 spiro atoms. The van der Waals surface area contributed by atoms with Gasteiger partial charge in [-0.3, -0.25) is 14.9 Å². The van der Waals surface area contributed by atoms with Gasteiger partial charge in [0.05, 0.1) is 20.9 Å². The number of thiophene rings is 1. The molecular formula is C20H13FN4O3S2. The normalized spacial score (nSPS) is 10.8. The summed E-state index contributed by atoms with van der Waals surface area (Å²) in [5.74, 6) is -0.654. The van der Waals surface area contributed by atoms with Crippen LogP contribution < -0.4 is 5.32 Å². The van der Waals surface area contributed by atoms with Crippen LogP contribution in [-0.4, -0.2) is 26.6 Å². The highest BCUT2D eigenvalue weighted by Crippen LogP contribution is 2.37. The third-order valence-corrected chi connectivity index (χ3v) is 6.42. The van der Waals surface area contributed by atoms with E-state index in [9.17, 15) is 19.3 Å². The summed E-state index contributed by atoms with van der Waals surface area (Å²) in [5, 5.41) is 14.3. The smallest absolute Gasteiger partial charge is 0.292 e. The third kappa shape index (κ3) is 4.29. The van der Waals surface area contributed by atoms with E-state index in [1.165, 1.54) is 59.8 Å². The summed E-state index contributed by atoms with van der Waals surface area (Å²) in [6, 6.07) is 14.1. The fourth-order valence-corrected chi connectivity index (χ4v) is 4.75. The maximum Gasteiger partial charge on any atom is 0.292 e. The van der Waals surface area contributed by atoms with Crippen molar-refractivity contribution in [2.24, 2.45) is 0 Å². The van der Waals surface area contributed by atoms with Crippen molar-refractivity contribution >= 4 is 50.6 Å². The lowest BCUT2D eigenvalue weighted by Crippen LogP contribution is -2.15. The van der Waals surface area contributed by atoms with E-state index in [1.807, 2.05) is 6.07 Å². The zero-order valence-corrected chi connectivity index (χ0v) is 16.9. The molecule has 0 unspecified atom stereocenters. The van der Waals surface area contributed by atoms with Gasteiger partial charge in [0.1, 0.15) is 22.9 Å². The minimum Gasteiger partial charge on any atom is -0.320 e. The van der Waals surface area contributed by atoms with Crippen molar-refractivity contribution in [1.82, 2.24) is 9.97 Å². The average molecular weight is 440 g/mol. The Balaban J connectivity index is 1.51. The maximum atomic E-state index is 13.2. The number of para-hydroxylation sites is 2. The standard InChI is InChI=1S/C20H13FN4O3S2/c21-13-7-5-12(6-8-13)17-9-15-19(30-17)20(23-11-22-15)29-10-18(26)24-14-3-1-2-4-16(14)25(27)28/h1-9,11H,10H2,(H,24,26). The molecule has 0 fully saturated rings. The molecule has 0 aliphatic carbocycles. The molecule has 2 aromatic heterocycles. The van der Waals surface area contributed by atoms with Gasteiger partial charge >= 0.3 is 0 Å². The summed E-state index contributed by atoms with van der Waals surface area (Å²) in [6.07, 6.45) is 1.42. The number of halogens is 1. The van der Waals surface area contributed by atoms with E-state index in [-0.39, 0.29) is 28.9 Å². The van der Waals surface area contributed by atoms with E-state index in [0.29, 0.717) is 5.03 Å². The van der Waals surface area contributed by atoms with Crippen molar-refractivity contribution in [2.45, 2.75) is 5.03 Å². The van der Waals surface area contributed by atoms with Crippen molar-refractivity contribution in [3.05, 3.63) is 76.9 Å². The number of nitrogens with one attached hydrogen (secondary N) is 1. The Hall–Kier alpha value is -3.37. The number of benzene rings is 2.